The zero-order chi connectivity index (χ0) is 22.9. The van der Waals surface area contributed by atoms with Gasteiger partial charge in [0, 0.05) is 37.3 Å². The third-order valence-electron chi connectivity index (χ3n) is 6.62. The van der Waals surface area contributed by atoms with E-state index in [-0.39, 0.29) is 24.1 Å². The second-order valence-electron chi connectivity index (χ2n) is 8.58. The Labute approximate surface area is 191 Å². The third-order valence-corrected chi connectivity index (χ3v) is 6.62. The van der Waals surface area contributed by atoms with Crippen molar-refractivity contribution in [2.24, 2.45) is 0 Å². The number of morpholine rings is 1. The van der Waals surface area contributed by atoms with Gasteiger partial charge in [-0.25, -0.2) is 13.8 Å². The van der Waals surface area contributed by atoms with E-state index in [0.29, 0.717) is 36.5 Å². The lowest BCUT2D eigenvalue weighted by molar-refractivity contribution is -0.0417. The van der Waals surface area contributed by atoms with Crippen LogP contribution in [0.3, 0.4) is 0 Å². The molecule has 3 aromatic rings. The number of likely N-dealkylation sites (tertiary alicyclic amines) is 1. The molecule has 2 aliphatic rings. The molecule has 0 bridgehead atoms. The average Bonchev–Trinajstić information content (AvgIpc) is 3.33. The summed E-state index contributed by atoms with van der Waals surface area (Å²) in [5.41, 5.74) is 2.25. The normalized spacial score (nSPS) is 21.5. The number of hydrogen-bond acceptors (Lipinski definition) is 4. The molecule has 172 valence electrons. The molecule has 33 heavy (non-hydrogen) atoms. The lowest BCUT2D eigenvalue weighted by Gasteiger charge is -2.41. The predicted octanol–water partition coefficient (Wildman–Crippen LogP) is 3.64. The second kappa shape index (κ2) is 9.03. The number of rotatable bonds is 4. The molecule has 1 N–H and O–H groups in total. The molecule has 0 aliphatic carbocycles. The van der Waals surface area contributed by atoms with E-state index in [1.807, 2.05) is 34.6 Å². The lowest BCUT2D eigenvalue weighted by Crippen LogP contribution is -2.58. The quantitative estimate of drug-likeness (QED) is 0.657. The first-order valence-corrected chi connectivity index (χ1v) is 11.2. The maximum atomic E-state index is 14.6. The fraction of sp³-hybridized carbons (Fsp3) is 0.360. The maximum absolute atomic E-state index is 14.6. The molecule has 2 aromatic carbocycles. The number of halogens is 2. The summed E-state index contributed by atoms with van der Waals surface area (Å²) in [7, 11) is 0. The van der Waals surface area contributed by atoms with Gasteiger partial charge in [-0.15, -0.1) is 0 Å². The number of fused-ring (bicyclic) bond motifs is 1. The highest BCUT2D eigenvalue weighted by atomic mass is 19.1. The number of carbonyl (C=O) groups is 1. The highest BCUT2D eigenvalue weighted by Crippen LogP contribution is 2.33. The van der Waals surface area contributed by atoms with Gasteiger partial charge in [0.15, 0.2) is 0 Å². The third kappa shape index (κ3) is 4.16. The average molecular weight is 453 g/mol. The number of imidazole rings is 1. The van der Waals surface area contributed by atoms with Gasteiger partial charge in [-0.2, -0.15) is 0 Å². The molecule has 0 saturated carbocycles. The van der Waals surface area contributed by atoms with Crippen LogP contribution in [-0.2, 0) is 4.74 Å². The SMILES string of the molecule is C[C@@H](c1ccccc1-c1ccc(F)cc1F)n1cncc1C(=O)N1CC[C@@H]2NCCO[C@H]2C1. The zero-order valence-corrected chi connectivity index (χ0v) is 18.4. The van der Waals surface area contributed by atoms with E-state index in [0.717, 1.165) is 24.6 Å². The van der Waals surface area contributed by atoms with Crippen molar-refractivity contribution in [2.45, 2.75) is 31.5 Å². The summed E-state index contributed by atoms with van der Waals surface area (Å²) in [6.45, 7) is 4.61. The fourth-order valence-corrected chi connectivity index (χ4v) is 4.86. The summed E-state index contributed by atoms with van der Waals surface area (Å²) in [6, 6.07) is 10.9. The number of nitrogens with zero attached hydrogens (tertiary/aromatic N) is 3. The van der Waals surface area contributed by atoms with Gasteiger partial charge >= 0.3 is 0 Å². The second-order valence-corrected chi connectivity index (χ2v) is 8.58. The van der Waals surface area contributed by atoms with Crippen molar-refractivity contribution in [1.29, 1.82) is 0 Å². The molecule has 0 spiro atoms. The molecular formula is C25H26F2N4O2. The summed E-state index contributed by atoms with van der Waals surface area (Å²) < 4.78 is 35.7. The van der Waals surface area contributed by atoms with Gasteiger partial charge in [0.05, 0.1) is 31.3 Å². The minimum Gasteiger partial charge on any atom is -0.373 e. The topological polar surface area (TPSA) is 59.4 Å². The van der Waals surface area contributed by atoms with Crippen LogP contribution < -0.4 is 5.32 Å². The van der Waals surface area contributed by atoms with Crippen molar-refractivity contribution in [3.63, 3.8) is 0 Å². The van der Waals surface area contributed by atoms with Gasteiger partial charge < -0.3 is 19.5 Å². The lowest BCUT2D eigenvalue weighted by atomic mass is 9.95. The molecule has 5 rings (SSSR count). The number of ether oxygens (including phenoxy) is 1. The summed E-state index contributed by atoms with van der Waals surface area (Å²) in [6.07, 6.45) is 4.03. The summed E-state index contributed by atoms with van der Waals surface area (Å²) in [5, 5.41) is 3.46. The van der Waals surface area contributed by atoms with Crippen LogP contribution in [0.25, 0.3) is 11.1 Å². The van der Waals surface area contributed by atoms with Crippen LogP contribution in [-0.4, -0.2) is 58.7 Å². The Morgan fingerprint density at radius 2 is 2.06 bits per heavy atom. The Morgan fingerprint density at radius 1 is 1.21 bits per heavy atom. The van der Waals surface area contributed by atoms with Gasteiger partial charge in [0.2, 0.25) is 0 Å². The highest BCUT2D eigenvalue weighted by molar-refractivity contribution is 5.92. The number of carbonyl (C=O) groups excluding carboxylic acids is 1. The standard InChI is InChI=1S/C25H26F2N4O2/c1-16(18-4-2-3-5-19(18)20-7-6-17(26)12-21(20)27)31-15-28-13-23(31)25(32)30-10-8-22-24(14-30)33-11-9-29-22/h2-7,12-13,15-16,22,24,29H,8-11,14H2,1H3/t16-,22-,24-/m0/s1. The van der Waals surface area contributed by atoms with Crippen LogP contribution in [0.1, 0.15) is 35.4 Å². The highest BCUT2D eigenvalue weighted by Gasteiger charge is 2.35. The van der Waals surface area contributed by atoms with E-state index in [4.69, 9.17) is 4.74 Å². The molecule has 1 aromatic heterocycles. The van der Waals surface area contributed by atoms with Gasteiger partial charge in [0.25, 0.3) is 5.91 Å². The number of hydrogen-bond donors (Lipinski definition) is 1. The molecule has 3 atom stereocenters. The first kappa shape index (κ1) is 21.7. The molecule has 2 fully saturated rings. The van der Waals surface area contributed by atoms with Gasteiger partial charge in [-0.3, -0.25) is 4.79 Å². The molecule has 8 heteroatoms. The van der Waals surface area contributed by atoms with Crippen molar-refractivity contribution in [3.05, 3.63) is 77.9 Å². The van der Waals surface area contributed by atoms with Crippen molar-refractivity contribution in [2.75, 3.05) is 26.2 Å². The van der Waals surface area contributed by atoms with Crippen molar-refractivity contribution >= 4 is 5.91 Å². The smallest absolute Gasteiger partial charge is 0.272 e. The Hall–Kier alpha value is -3.10. The van der Waals surface area contributed by atoms with Gasteiger partial charge in [0.1, 0.15) is 17.3 Å². The summed E-state index contributed by atoms with van der Waals surface area (Å²) in [5.74, 6) is -1.34. The van der Waals surface area contributed by atoms with E-state index >= 15 is 0 Å². The predicted molar refractivity (Wildman–Crippen MR) is 120 cm³/mol. The number of piperidine rings is 1. The minimum absolute atomic E-state index is 0.00702. The van der Waals surface area contributed by atoms with E-state index < -0.39 is 11.6 Å². The minimum atomic E-state index is -0.624. The van der Waals surface area contributed by atoms with Crippen LogP contribution in [0.15, 0.2) is 55.0 Å². The Kier molecular flexibility index (Phi) is 5.95. The van der Waals surface area contributed by atoms with Crippen LogP contribution in [0.2, 0.25) is 0 Å². The number of aromatic nitrogens is 2. The Bertz CT molecular complexity index is 1160. The van der Waals surface area contributed by atoms with Crippen molar-refractivity contribution in [1.82, 2.24) is 19.8 Å². The first-order valence-electron chi connectivity index (χ1n) is 11.2. The Morgan fingerprint density at radius 3 is 2.91 bits per heavy atom. The van der Waals surface area contributed by atoms with Crippen LogP contribution >= 0.6 is 0 Å². The molecule has 3 heterocycles. The van der Waals surface area contributed by atoms with Crippen molar-refractivity contribution < 1.29 is 18.3 Å². The molecule has 0 unspecified atom stereocenters. The first-order chi connectivity index (χ1) is 16.0. The summed E-state index contributed by atoms with van der Waals surface area (Å²) >= 11 is 0. The van der Waals surface area contributed by atoms with Gasteiger partial charge in [-0.05, 0) is 36.6 Å². The van der Waals surface area contributed by atoms with Crippen LogP contribution in [0.4, 0.5) is 8.78 Å². The number of nitrogens with one attached hydrogen (secondary N) is 1. The Balaban J connectivity index is 1.43. The number of amides is 1. The van der Waals surface area contributed by atoms with Gasteiger partial charge in [-0.1, -0.05) is 24.3 Å². The summed E-state index contributed by atoms with van der Waals surface area (Å²) in [4.78, 5) is 19.5. The molecule has 0 radical (unpaired) electrons. The van der Waals surface area contributed by atoms with E-state index in [1.54, 1.807) is 18.6 Å². The van der Waals surface area contributed by atoms with E-state index in [1.165, 1.54) is 12.1 Å². The van der Waals surface area contributed by atoms with Crippen LogP contribution in [0, 0.1) is 11.6 Å². The molecule has 1 amide bonds. The van der Waals surface area contributed by atoms with Crippen molar-refractivity contribution in [3.8, 4) is 11.1 Å². The number of benzene rings is 2. The van der Waals surface area contributed by atoms with E-state index in [2.05, 4.69) is 10.3 Å². The largest absolute Gasteiger partial charge is 0.373 e. The fourth-order valence-electron chi connectivity index (χ4n) is 4.86. The van der Waals surface area contributed by atoms with Crippen LogP contribution in [0.5, 0.6) is 0 Å². The molecule has 6 nitrogen and oxygen atoms in total. The zero-order valence-electron chi connectivity index (χ0n) is 18.4. The molecule has 2 saturated heterocycles. The molecular weight excluding hydrogens is 426 g/mol. The molecule has 2 aliphatic heterocycles. The monoisotopic (exact) mass is 452 g/mol. The van der Waals surface area contributed by atoms with E-state index in [9.17, 15) is 13.6 Å². The maximum Gasteiger partial charge on any atom is 0.272 e.